The fraction of sp³-hybridized carbons (Fsp3) is 0.562. The summed E-state index contributed by atoms with van der Waals surface area (Å²) in [4.78, 5) is 14.5. The first-order chi connectivity index (χ1) is 9.81. The van der Waals surface area contributed by atoms with Crippen LogP contribution in [0.3, 0.4) is 0 Å². The summed E-state index contributed by atoms with van der Waals surface area (Å²) in [5.74, 6) is 0.177. The van der Waals surface area contributed by atoms with Gasteiger partial charge in [0.05, 0.1) is 6.04 Å². The molecule has 1 unspecified atom stereocenters. The Kier molecular flexibility index (Phi) is 6.02. The second-order valence-corrected chi connectivity index (χ2v) is 5.26. The maximum Gasteiger partial charge on any atom is 0.237 e. The van der Waals surface area contributed by atoms with Crippen LogP contribution in [-0.2, 0) is 11.3 Å². The lowest BCUT2D eigenvalue weighted by Gasteiger charge is -2.23. The van der Waals surface area contributed by atoms with Crippen molar-refractivity contribution in [3.63, 3.8) is 0 Å². The fourth-order valence-electron chi connectivity index (χ4n) is 2.70. The van der Waals surface area contributed by atoms with Crippen LogP contribution in [0.2, 0.25) is 0 Å². The molecule has 0 spiro atoms. The molecule has 1 aromatic carbocycles. The number of nitrogens with zero attached hydrogens (tertiary/aromatic N) is 1. The summed E-state index contributed by atoms with van der Waals surface area (Å²) in [5.41, 5.74) is 1.28. The summed E-state index contributed by atoms with van der Waals surface area (Å²) in [5, 5.41) is 6.25. The van der Waals surface area contributed by atoms with Crippen LogP contribution in [0.1, 0.15) is 25.3 Å². The van der Waals surface area contributed by atoms with Gasteiger partial charge in [-0.1, -0.05) is 37.3 Å². The van der Waals surface area contributed by atoms with E-state index in [-0.39, 0.29) is 11.9 Å². The number of benzene rings is 1. The number of rotatable bonds is 7. The number of carbonyl (C=O) groups excluding carboxylic acids is 1. The molecule has 20 heavy (non-hydrogen) atoms. The quantitative estimate of drug-likeness (QED) is 0.739. The molecule has 0 aromatic heterocycles. The van der Waals surface area contributed by atoms with Crippen molar-refractivity contribution in [2.24, 2.45) is 0 Å². The Morgan fingerprint density at radius 2 is 2.10 bits per heavy atom. The second-order valence-electron chi connectivity index (χ2n) is 5.26. The molecule has 2 rings (SSSR count). The third-order valence-electron chi connectivity index (χ3n) is 3.75. The standard InChI is InChI=1S/C16H25N3O/c1-2-17-10-11-18-16(20)15-9-6-12-19(15)13-14-7-4-3-5-8-14/h3-5,7-8,15,17H,2,6,9-13H2,1H3,(H,18,20). The molecule has 0 radical (unpaired) electrons. The van der Waals surface area contributed by atoms with Gasteiger partial charge in [0.1, 0.15) is 0 Å². The third kappa shape index (κ3) is 4.32. The van der Waals surface area contributed by atoms with Crippen LogP contribution in [0.15, 0.2) is 30.3 Å². The van der Waals surface area contributed by atoms with Crippen LogP contribution >= 0.6 is 0 Å². The van der Waals surface area contributed by atoms with Crippen molar-refractivity contribution in [1.29, 1.82) is 0 Å². The number of hydrogen-bond acceptors (Lipinski definition) is 3. The monoisotopic (exact) mass is 275 g/mol. The van der Waals surface area contributed by atoms with Crippen LogP contribution in [-0.4, -0.2) is 43.0 Å². The highest BCUT2D eigenvalue weighted by atomic mass is 16.2. The van der Waals surface area contributed by atoms with Gasteiger partial charge in [0.15, 0.2) is 0 Å². The Balaban J connectivity index is 1.82. The molecule has 0 aliphatic carbocycles. The predicted molar refractivity (Wildman–Crippen MR) is 81.4 cm³/mol. The lowest BCUT2D eigenvalue weighted by Crippen LogP contribution is -2.44. The molecule has 4 heteroatoms. The maximum absolute atomic E-state index is 12.2. The molecule has 0 bridgehead atoms. The van der Waals surface area contributed by atoms with E-state index in [0.717, 1.165) is 39.0 Å². The number of carbonyl (C=O) groups is 1. The zero-order chi connectivity index (χ0) is 14.2. The summed E-state index contributed by atoms with van der Waals surface area (Å²) in [7, 11) is 0. The van der Waals surface area contributed by atoms with E-state index < -0.39 is 0 Å². The number of nitrogens with one attached hydrogen (secondary N) is 2. The molecule has 1 heterocycles. The molecule has 1 fully saturated rings. The Hall–Kier alpha value is -1.39. The Morgan fingerprint density at radius 3 is 2.85 bits per heavy atom. The van der Waals surface area contributed by atoms with E-state index in [9.17, 15) is 4.79 Å². The van der Waals surface area contributed by atoms with Gasteiger partial charge in [-0.25, -0.2) is 0 Å². The molecule has 1 aliphatic rings. The number of likely N-dealkylation sites (tertiary alicyclic amines) is 1. The molecule has 1 aliphatic heterocycles. The van der Waals surface area contributed by atoms with Gasteiger partial charge in [-0.3, -0.25) is 9.69 Å². The lowest BCUT2D eigenvalue weighted by atomic mass is 10.1. The van der Waals surface area contributed by atoms with Gasteiger partial charge in [0, 0.05) is 19.6 Å². The first kappa shape index (κ1) is 15.0. The van der Waals surface area contributed by atoms with E-state index in [1.165, 1.54) is 5.56 Å². The smallest absolute Gasteiger partial charge is 0.237 e. The van der Waals surface area contributed by atoms with Crippen LogP contribution in [0.5, 0.6) is 0 Å². The normalized spacial score (nSPS) is 19.1. The Bertz CT molecular complexity index is 407. The van der Waals surface area contributed by atoms with E-state index in [0.29, 0.717) is 6.54 Å². The van der Waals surface area contributed by atoms with Gasteiger partial charge in [-0.05, 0) is 31.5 Å². The van der Waals surface area contributed by atoms with E-state index in [1.807, 2.05) is 6.07 Å². The van der Waals surface area contributed by atoms with Gasteiger partial charge >= 0.3 is 0 Å². The van der Waals surface area contributed by atoms with Gasteiger partial charge in [0.2, 0.25) is 5.91 Å². The van der Waals surface area contributed by atoms with Crippen LogP contribution in [0.25, 0.3) is 0 Å². The van der Waals surface area contributed by atoms with Crippen LogP contribution < -0.4 is 10.6 Å². The van der Waals surface area contributed by atoms with Crippen molar-refractivity contribution in [2.75, 3.05) is 26.2 Å². The molecule has 2 N–H and O–H groups in total. The molecular weight excluding hydrogens is 250 g/mol. The molecule has 110 valence electrons. The lowest BCUT2D eigenvalue weighted by molar-refractivity contribution is -0.125. The SMILES string of the molecule is CCNCCNC(=O)C1CCCN1Cc1ccccc1. The number of hydrogen-bond donors (Lipinski definition) is 2. The van der Waals surface area contributed by atoms with Gasteiger partial charge in [0.25, 0.3) is 0 Å². The maximum atomic E-state index is 12.2. The van der Waals surface area contributed by atoms with Gasteiger partial charge in [-0.15, -0.1) is 0 Å². The summed E-state index contributed by atoms with van der Waals surface area (Å²) < 4.78 is 0. The average molecular weight is 275 g/mol. The summed E-state index contributed by atoms with van der Waals surface area (Å²) >= 11 is 0. The number of likely N-dealkylation sites (N-methyl/N-ethyl adjacent to an activating group) is 1. The van der Waals surface area contributed by atoms with Gasteiger partial charge in [-0.2, -0.15) is 0 Å². The molecule has 1 aromatic rings. The highest BCUT2D eigenvalue weighted by Crippen LogP contribution is 2.20. The zero-order valence-corrected chi connectivity index (χ0v) is 12.3. The topological polar surface area (TPSA) is 44.4 Å². The largest absolute Gasteiger partial charge is 0.353 e. The van der Waals surface area contributed by atoms with E-state index in [2.05, 4.69) is 46.7 Å². The minimum atomic E-state index is 0.0387. The van der Waals surface area contributed by atoms with Crippen molar-refractivity contribution in [3.8, 4) is 0 Å². The van der Waals surface area contributed by atoms with E-state index >= 15 is 0 Å². The zero-order valence-electron chi connectivity index (χ0n) is 12.3. The van der Waals surface area contributed by atoms with Gasteiger partial charge < -0.3 is 10.6 Å². The molecule has 1 saturated heterocycles. The van der Waals surface area contributed by atoms with Crippen molar-refractivity contribution < 1.29 is 4.79 Å². The van der Waals surface area contributed by atoms with E-state index in [4.69, 9.17) is 0 Å². The second kappa shape index (κ2) is 8.02. The summed E-state index contributed by atoms with van der Waals surface area (Å²) in [6.07, 6.45) is 2.08. The molecule has 0 saturated carbocycles. The first-order valence-electron chi connectivity index (χ1n) is 7.57. The highest BCUT2D eigenvalue weighted by Gasteiger charge is 2.30. The molecular formula is C16H25N3O. The highest BCUT2D eigenvalue weighted by molar-refractivity contribution is 5.82. The van der Waals surface area contributed by atoms with Crippen molar-refractivity contribution in [2.45, 2.75) is 32.4 Å². The molecule has 1 atom stereocenters. The first-order valence-corrected chi connectivity index (χ1v) is 7.57. The molecule has 1 amide bonds. The summed E-state index contributed by atoms with van der Waals surface area (Å²) in [6, 6.07) is 10.4. The number of amides is 1. The van der Waals surface area contributed by atoms with E-state index in [1.54, 1.807) is 0 Å². The van der Waals surface area contributed by atoms with Crippen molar-refractivity contribution in [3.05, 3.63) is 35.9 Å². The van der Waals surface area contributed by atoms with Crippen molar-refractivity contribution >= 4 is 5.91 Å². The average Bonchev–Trinajstić information content (AvgIpc) is 2.93. The Morgan fingerprint density at radius 1 is 1.30 bits per heavy atom. The van der Waals surface area contributed by atoms with Crippen LogP contribution in [0, 0.1) is 0 Å². The molecule has 4 nitrogen and oxygen atoms in total. The third-order valence-corrected chi connectivity index (χ3v) is 3.75. The van der Waals surface area contributed by atoms with Crippen LogP contribution in [0.4, 0.5) is 0 Å². The summed E-state index contributed by atoms with van der Waals surface area (Å²) in [6.45, 7) is 6.45. The Labute approximate surface area is 121 Å². The fourth-order valence-corrected chi connectivity index (χ4v) is 2.70. The minimum absolute atomic E-state index is 0.0387. The predicted octanol–water partition coefficient (Wildman–Crippen LogP) is 1.38. The minimum Gasteiger partial charge on any atom is -0.353 e. The van der Waals surface area contributed by atoms with Crippen molar-refractivity contribution in [1.82, 2.24) is 15.5 Å².